The van der Waals surface area contributed by atoms with Crippen LogP contribution in [0.15, 0.2) is 42.5 Å². The molecule has 1 saturated heterocycles. The van der Waals surface area contributed by atoms with E-state index in [9.17, 15) is 13.2 Å². The molecule has 1 aliphatic heterocycles. The molecule has 2 aromatic carbocycles. The zero-order chi connectivity index (χ0) is 22.2. The highest BCUT2D eigenvalue weighted by molar-refractivity contribution is 5.94. The van der Waals surface area contributed by atoms with E-state index in [1.165, 1.54) is 13.0 Å². The van der Waals surface area contributed by atoms with Crippen LogP contribution in [0.4, 0.5) is 24.5 Å². The number of pyridine rings is 1. The number of hydrogen-bond acceptors (Lipinski definition) is 4. The van der Waals surface area contributed by atoms with Crippen LogP contribution in [0.5, 0.6) is 0 Å². The van der Waals surface area contributed by atoms with Gasteiger partial charge in [-0.1, -0.05) is 12.1 Å². The van der Waals surface area contributed by atoms with Crippen LogP contribution < -0.4 is 15.5 Å². The number of benzene rings is 2. The molecule has 31 heavy (non-hydrogen) atoms. The molecule has 164 valence electrons. The van der Waals surface area contributed by atoms with Crippen LogP contribution in [-0.2, 0) is 6.18 Å². The number of aromatic nitrogens is 1. The van der Waals surface area contributed by atoms with Gasteiger partial charge in [-0.25, -0.2) is 0 Å². The van der Waals surface area contributed by atoms with Gasteiger partial charge in [0.2, 0.25) is 0 Å². The van der Waals surface area contributed by atoms with E-state index in [-0.39, 0.29) is 11.6 Å². The molecule has 3 aromatic rings. The highest BCUT2D eigenvalue weighted by Gasteiger charge is 2.33. The van der Waals surface area contributed by atoms with Gasteiger partial charge in [-0.05, 0) is 62.2 Å². The Morgan fingerprint density at radius 3 is 2.52 bits per heavy atom. The maximum atomic E-state index is 13.4. The van der Waals surface area contributed by atoms with E-state index in [1.54, 1.807) is 6.07 Å². The minimum absolute atomic E-state index is 0.256. The highest BCUT2D eigenvalue weighted by atomic mass is 19.4. The minimum atomic E-state index is -4.36. The standard InChI is InChI=1S/C24H27F3N4/c1-15-13-23(30-17(3)19-5-4-6-21(16(19)2)24(25,26)27)20-14-18(7-8-22(20)29-15)31-11-9-28-10-12-31/h4-8,13-14,17,28H,9-12H2,1-3H3,(H,29,30)/t17-/m1/s1. The molecule has 0 amide bonds. The topological polar surface area (TPSA) is 40.2 Å². The zero-order valence-corrected chi connectivity index (χ0v) is 18.0. The summed E-state index contributed by atoms with van der Waals surface area (Å²) in [5.74, 6) is 0. The van der Waals surface area contributed by atoms with Crippen LogP contribution in [0, 0.1) is 13.8 Å². The Balaban J connectivity index is 1.70. The van der Waals surface area contributed by atoms with E-state index >= 15 is 0 Å². The summed E-state index contributed by atoms with van der Waals surface area (Å²) in [6, 6.07) is 12.3. The summed E-state index contributed by atoms with van der Waals surface area (Å²) in [7, 11) is 0. The van der Waals surface area contributed by atoms with Crippen molar-refractivity contribution in [2.45, 2.75) is 33.0 Å². The molecule has 0 aliphatic carbocycles. The van der Waals surface area contributed by atoms with Gasteiger partial charge in [0.25, 0.3) is 0 Å². The van der Waals surface area contributed by atoms with Crippen LogP contribution in [-0.4, -0.2) is 31.2 Å². The second-order valence-corrected chi connectivity index (χ2v) is 8.13. The Morgan fingerprint density at radius 2 is 1.81 bits per heavy atom. The minimum Gasteiger partial charge on any atom is -0.378 e. The number of alkyl halides is 3. The molecule has 7 heteroatoms. The van der Waals surface area contributed by atoms with Gasteiger partial charge in [0, 0.05) is 54.7 Å². The second kappa shape index (κ2) is 8.38. The Hall–Kier alpha value is -2.80. The molecule has 0 spiro atoms. The summed E-state index contributed by atoms with van der Waals surface area (Å²) in [4.78, 5) is 6.98. The summed E-state index contributed by atoms with van der Waals surface area (Å²) in [6.45, 7) is 9.12. The van der Waals surface area contributed by atoms with E-state index < -0.39 is 11.7 Å². The fourth-order valence-electron chi connectivity index (χ4n) is 4.33. The van der Waals surface area contributed by atoms with Crippen molar-refractivity contribution < 1.29 is 13.2 Å². The Labute approximate surface area is 180 Å². The molecule has 1 aromatic heterocycles. The van der Waals surface area contributed by atoms with Crippen molar-refractivity contribution in [3.63, 3.8) is 0 Å². The molecular weight excluding hydrogens is 401 g/mol. The monoisotopic (exact) mass is 428 g/mol. The van der Waals surface area contributed by atoms with Crippen molar-refractivity contribution in [1.82, 2.24) is 10.3 Å². The average molecular weight is 429 g/mol. The number of hydrogen-bond donors (Lipinski definition) is 2. The van der Waals surface area contributed by atoms with E-state index in [4.69, 9.17) is 0 Å². The normalized spacial score (nSPS) is 15.9. The molecule has 4 rings (SSSR count). The SMILES string of the molecule is Cc1cc(N[C@H](C)c2cccc(C(F)(F)F)c2C)c2cc(N3CCNCC3)ccc2n1. The lowest BCUT2D eigenvalue weighted by Crippen LogP contribution is -2.43. The fraction of sp³-hybridized carbons (Fsp3) is 0.375. The summed E-state index contributed by atoms with van der Waals surface area (Å²) >= 11 is 0. The summed E-state index contributed by atoms with van der Waals surface area (Å²) in [5.41, 5.74) is 4.04. The Kier molecular flexibility index (Phi) is 5.79. The molecule has 1 fully saturated rings. The van der Waals surface area contributed by atoms with Crippen LogP contribution in [0.2, 0.25) is 0 Å². The van der Waals surface area contributed by atoms with Crippen molar-refractivity contribution in [2.24, 2.45) is 0 Å². The Morgan fingerprint density at radius 1 is 1.06 bits per heavy atom. The van der Waals surface area contributed by atoms with Crippen molar-refractivity contribution in [1.29, 1.82) is 0 Å². The van der Waals surface area contributed by atoms with Gasteiger partial charge in [-0.15, -0.1) is 0 Å². The molecule has 0 saturated carbocycles. The molecular formula is C24H27F3N4. The van der Waals surface area contributed by atoms with Crippen molar-refractivity contribution in [2.75, 3.05) is 36.4 Å². The number of anilines is 2. The third kappa shape index (κ3) is 4.46. The number of rotatable bonds is 4. The molecule has 4 nitrogen and oxygen atoms in total. The van der Waals surface area contributed by atoms with E-state index in [0.29, 0.717) is 5.56 Å². The first-order valence-electron chi connectivity index (χ1n) is 10.5. The van der Waals surface area contributed by atoms with Crippen LogP contribution in [0.3, 0.4) is 0 Å². The quantitative estimate of drug-likeness (QED) is 0.580. The van der Waals surface area contributed by atoms with Gasteiger partial charge >= 0.3 is 6.18 Å². The molecule has 0 bridgehead atoms. The van der Waals surface area contributed by atoms with Crippen molar-refractivity contribution >= 4 is 22.3 Å². The van der Waals surface area contributed by atoms with Gasteiger partial charge in [-0.2, -0.15) is 13.2 Å². The molecule has 2 heterocycles. The predicted molar refractivity (Wildman–Crippen MR) is 120 cm³/mol. The van der Waals surface area contributed by atoms with Gasteiger partial charge in [0.05, 0.1) is 11.1 Å². The van der Waals surface area contributed by atoms with Crippen LogP contribution in [0.25, 0.3) is 10.9 Å². The Bertz CT molecular complexity index is 1090. The molecule has 1 atom stereocenters. The molecule has 0 unspecified atom stereocenters. The third-order valence-electron chi connectivity index (χ3n) is 5.92. The number of halogens is 3. The number of nitrogens with one attached hydrogen (secondary N) is 2. The van der Waals surface area contributed by atoms with Crippen LogP contribution >= 0.6 is 0 Å². The first-order chi connectivity index (χ1) is 14.7. The zero-order valence-electron chi connectivity index (χ0n) is 18.0. The van der Waals surface area contributed by atoms with Gasteiger partial charge < -0.3 is 15.5 Å². The predicted octanol–water partition coefficient (Wildman–Crippen LogP) is 5.45. The second-order valence-electron chi connectivity index (χ2n) is 8.13. The lowest BCUT2D eigenvalue weighted by Gasteiger charge is -2.30. The third-order valence-corrected chi connectivity index (χ3v) is 5.92. The number of fused-ring (bicyclic) bond motifs is 1. The van der Waals surface area contributed by atoms with E-state index in [2.05, 4.69) is 32.7 Å². The summed E-state index contributed by atoms with van der Waals surface area (Å²) < 4.78 is 40.1. The average Bonchev–Trinajstić information content (AvgIpc) is 2.73. The summed E-state index contributed by atoms with van der Waals surface area (Å²) in [6.07, 6.45) is -4.36. The fourth-order valence-corrected chi connectivity index (χ4v) is 4.33. The molecule has 1 aliphatic rings. The number of piperazine rings is 1. The van der Waals surface area contributed by atoms with Gasteiger partial charge in [-0.3, -0.25) is 4.98 Å². The van der Waals surface area contributed by atoms with Gasteiger partial charge in [0.15, 0.2) is 0 Å². The maximum Gasteiger partial charge on any atom is 0.416 e. The van der Waals surface area contributed by atoms with Crippen molar-refractivity contribution in [3.8, 4) is 0 Å². The number of nitrogens with zero attached hydrogens (tertiary/aromatic N) is 2. The first-order valence-corrected chi connectivity index (χ1v) is 10.5. The first kappa shape index (κ1) is 21.4. The summed E-state index contributed by atoms with van der Waals surface area (Å²) in [5, 5.41) is 7.78. The van der Waals surface area contributed by atoms with Crippen molar-refractivity contribution in [3.05, 3.63) is 64.8 Å². The van der Waals surface area contributed by atoms with E-state index in [1.807, 2.05) is 26.0 Å². The van der Waals surface area contributed by atoms with Gasteiger partial charge in [0.1, 0.15) is 0 Å². The number of aryl methyl sites for hydroxylation is 1. The smallest absolute Gasteiger partial charge is 0.378 e. The lowest BCUT2D eigenvalue weighted by atomic mass is 9.97. The molecule has 0 radical (unpaired) electrons. The molecule has 2 N–H and O–H groups in total. The highest BCUT2D eigenvalue weighted by Crippen LogP contribution is 2.36. The maximum absolute atomic E-state index is 13.4. The lowest BCUT2D eigenvalue weighted by molar-refractivity contribution is -0.138. The largest absolute Gasteiger partial charge is 0.416 e. The van der Waals surface area contributed by atoms with E-state index in [0.717, 1.165) is 60.2 Å². The van der Waals surface area contributed by atoms with Crippen LogP contribution in [0.1, 0.15) is 35.3 Å².